The molecule has 7 heteroatoms. The summed E-state index contributed by atoms with van der Waals surface area (Å²) in [6.07, 6.45) is 3.46. The summed E-state index contributed by atoms with van der Waals surface area (Å²) < 4.78 is 32.7. The highest BCUT2D eigenvalue weighted by Gasteiger charge is 2.30. The molecule has 6 nitrogen and oxygen atoms in total. The maximum absolute atomic E-state index is 13.0. The van der Waals surface area contributed by atoms with Crippen molar-refractivity contribution in [1.82, 2.24) is 4.31 Å². The second-order valence-electron chi connectivity index (χ2n) is 7.02. The molecule has 1 fully saturated rings. The zero-order chi connectivity index (χ0) is 18.7. The Morgan fingerprint density at radius 2 is 1.88 bits per heavy atom. The normalized spacial score (nSPS) is 16.5. The lowest BCUT2D eigenvalue weighted by atomic mass is 9.89. The van der Waals surface area contributed by atoms with E-state index in [1.807, 2.05) is 20.8 Å². The molecule has 0 spiro atoms. The van der Waals surface area contributed by atoms with Crippen molar-refractivity contribution >= 4 is 21.6 Å². The van der Waals surface area contributed by atoms with Gasteiger partial charge in [-0.05, 0) is 37.5 Å². The summed E-state index contributed by atoms with van der Waals surface area (Å²) in [5, 5.41) is 2.82. The van der Waals surface area contributed by atoms with Crippen LogP contribution in [0.1, 0.15) is 46.5 Å². The van der Waals surface area contributed by atoms with E-state index in [1.165, 1.54) is 17.5 Å². The highest BCUT2D eigenvalue weighted by Crippen LogP contribution is 2.32. The van der Waals surface area contributed by atoms with Crippen molar-refractivity contribution in [3.8, 4) is 5.75 Å². The van der Waals surface area contributed by atoms with Crippen LogP contribution in [-0.4, -0.2) is 38.8 Å². The number of carbonyl (C=O) groups excluding carboxylic acids is 1. The van der Waals surface area contributed by atoms with E-state index in [9.17, 15) is 13.2 Å². The van der Waals surface area contributed by atoms with Gasteiger partial charge in [-0.3, -0.25) is 4.79 Å². The smallest absolute Gasteiger partial charge is 0.246 e. The van der Waals surface area contributed by atoms with Crippen molar-refractivity contribution in [2.24, 2.45) is 5.41 Å². The Morgan fingerprint density at radius 3 is 2.44 bits per heavy atom. The fourth-order valence-corrected chi connectivity index (χ4v) is 4.36. The number of ether oxygens (including phenoxy) is 1. The van der Waals surface area contributed by atoms with Gasteiger partial charge in [-0.25, -0.2) is 8.42 Å². The van der Waals surface area contributed by atoms with E-state index in [1.54, 1.807) is 12.1 Å². The number of hydrogen-bond acceptors (Lipinski definition) is 4. The maximum atomic E-state index is 13.0. The van der Waals surface area contributed by atoms with Crippen LogP contribution < -0.4 is 10.1 Å². The quantitative estimate of drug-likeness (QED) is 0.836. The van der Waals surface area contributed by atoms with Gasteiger partial charge < -0.3 is 10.1 Å². The number of methoxy groups -OCH3 is 1. The number of carbonyl (C=O) groups is 1. The third-order valence-corrected chi connectivity index (χ3v) is 6.77. The second kappa shape index (κ2) is 7.74. The predicted octanol–water partition coefficient (Wildman–Crippen LogP) is 3.24. The number of hydrogen-bond donors (Lipinski definition) is 1. The van der Waals surface area contributed by atoms with Crippen molar-refractivity contribution in [3.05, 3.63) is 18.2 Å². The molecule has 1 aliphatic rings. The van der Waals surface area contributed by atoms with Crippen molar-refractivity contribution < 1.29 is 17.9 Å². The van der Waals surface area contributed by atoms with E-state index in [0.717, 1.165) is 19.3 Å². The molecular weight excluding hydrogens is 340 g/mol. The van der Waals surface area contributed by atoms with Gasteiger partial charge in [-0.15, -0.1) is 0 Å². The first-order valence-corrected chi connectivity index (χ1v) is 10.2. The maximum Gasteiger partial charge on any atom is 0.246 e. The van der Waals surface area contributed by atoms with E-state index < -0.39 is 15.4 Å². The van der Waals surface area contributed by atoms with Gasteiger partial charge in [0.2, 0.25) is 15.9 Å². The molecule has 1 aromatic carbocycles. The van der Waals surface area contributed by atoms with Crippen molar-refractivity contribution in [3.63, 3.8) is 0 Å². The van der Waals surface area contributed by atoms with Crippen LogP contribution >= 0.6 is 0 Å². The van der Waals surface area contributed by atoms with Crippen LogP contribution in [-0.2, 0) is 14.8 Å². The van der Waals surface area contributed by atoms with E-state index in [-0.39, 0.29) is 10.8 Å². The minimum absolute atomic E-state index is 0.101. The molecule has 0 aliphatic carbocycles. The van der Waals surface area contributed by atoms with E-state index >= 15 is 0 Å². The van der Waals surface area contributed by atoms with Gasteiger partial charge in [0.25, 0.3) is 0 Å². The highest BCUT2D eigenvalue weighted by atomic mass is 32.2. The number of piperidine rings is 1. The molecule has 25 heavy (non-hydrogen) atoms. The first-order valence-electron chi connectivity index (χ1n) is 8.72. The van der Waals surface area contributed by atoms with Crippen LogP contribution in [0, 0.1) is 5.41 Å². The number of sulfonamides is 1. The van der Waals surface area contributed by atoms with Gasteiger partial charge in [-0.1, -0.05) is 27.2 Å². The summed E-state index contributed by atoms with van der Waals surface area (Å²) in [5.74, 6) is 0.153. The number of benzene rings is 1. The molecule has 1 heterocycles. The zero-order valence-corrected chi connectivity index (χ0v) is 16.3. The Kier molecular flexibility index (Phi) is 6.11. The third-order valence-electron chi connectivity index (χ3n) is 4.85. The van der Waals surface area contributed by atoms with E-state index in [4.69, 9.17) is 4.74 Å². The van der Waals surface area contributed by atoms with Gasteiger partial charge in [0, 0.05) is 24.2 Å². The van der Waals surface area contributed by atoms with Crippen LogP contribution in [0.2, 0.25) is 0 Å². The molecular formula is C18H28N2O4S. The number of rotatable bonds is 6. The largest absolute Gasteiger partial charge is 0.495 e. The summed E-state index contributed by atoms with van der Waals surface area (Å²) in [6, 6.07) is 4.75. The lowest BCUT2D eigenvalue weighted by Gasteiger charge is -2.27. The molecule has 0 bridgehead atoms. The number of nitrogens with one attached hydrogen (secondary N) is 1. The van der Waals surface area contributed by atoms with Gasteiger partial charge in [0.1, 0.15) is 10.6 Å². The summed E-state index contributed by atoms with van der Waals surface area (Å²) in [4.78, 5) is 12.5. The summed E-state index contributed by atoms with van der Waals surface area (Å²) >= 11 is 0. The highest BCUT2D eigenvalue weighted by molar-refractivity contribution is 7.89. The van der Waals surface area contributed by atoms with Crippen molar-refractivity contribution in [2.45, 2.75) is 51.3 Å². The van der Waals surface area contributed by atoms with Gasteiger partial charge in [0.05, 0.1) is 7.11 Å². The minimum Gasteiger partial charge on any atom is -0.495 e. The Bertz CT molecular complexity index is 723. The molecule has 2 rings (SSSR count). The Morgan fingerprint density at radius 1 is 1.24 bits per heavy atom. The molecule has 0 unspecified atom stereocenters. The fraction of sp³-hybridized carbons (Fsp3) is 0.611. The van der Waals surface area contributed by atoms with Gasteiger partial charge in [0.15, 0.2) is 0 Å². The number of amides is 1. The Hall–Kier alpha value is -1.60. The first-order chi connectivity index (χ1) is 11.7. The summed E-state index contributed by atoms with van der Waals surface area (Å²) in [6.45, 7) is 6.70. The summed E-state index contributed by atoms with van der Waals surface area (Å²) in [7, 11) is -2.20. The van der Waals surface area contributed by atoms with E-state index in [2.05, 4.69) is 5.32 Å². The zero-order valence-electron chi connectivity index (χ0n) is 15.5. The predicted molar refractivity (Wildman–Crippen MR) is 98.3 cm³/mol. The van der Waals surface area contributed by atoms with Crippen LogP contribution in [0.3, 0.4) is 0 Å². The average Bonchev–Trinajstić information content (AvgIpc) is 2.62. The molecule has 1 saturated heterocycles. The van der Waals surface area contributed by atoms with Crippen LogP contribution in [0.15, 0.2) is 23.1 Å². The summed E-state index contributed by atoms with van der Waals surface area (Å²) in [5.41, 5.74) is -0.0610. The van der Waals surface area contributed by atoms with Crippen molar-refractivity contribution in [1.29, 1.82) is 0 Å². The van der Waals surface area contributed by atoms with Crippen molar-refractivity contribution in [2.75, 3.05) is 25.5 Å². The van der Waals surface area contributed by atoms with Gasteiger partial charge in [-0.2, -0.15) is 4.31 Å². The molecule has 0 aromatic heterocycles. The molecule has 1 amide bonds. The molecule has 0 atom stereocenters. The monoisotopic (exact) mass is 368 g/mol. The lowest BCUT2D eigenvalue weighted by molar-refractivity contribution is -0.124. The number of anilines is 1. The fourth-order valence-electron chi connectivity index (χ4n) is 2.66. The third kappa shape index (κ3) is 4.33. The first kappa shape index (κ1) is 19.7. The standard InChI is InChI=1S/C18H28N2O4S/c1-5-18(2,3)17(21)19-14-9-10-15(24-4)16(13-14)25(22,23)20-11-7-6-8-12-20/h9-10,13H,5-8,11-12H2,1-4H3,(H,19,21). The molecule has 0 saturated carbocycles. The second-order valence-corrected chi connectivity index (χ2v) is 8.93. The molecule has 1 aliphatic heterocycles. The van der Waals surface area contributed by atoms with Crippen LogP contribution in [0.25, 0.3) is 0 Å². The minimum atomic E-state index is -3.65. The van der Waals surface area contributed by atoms with Gasteiger partial charge >= 0.3 is 0 Å². The number of nitrogens with zero attached hydrogens (tertiary/aromatic N) is 1. The van der Waals surface area contributed by atoms with Crippen LogP contribution in [0.5, 0.6) is 5.75 Å². The van der Waals surface area contributed by atoms with E-state index in [0.29, 0.717) is 30.9 Å². The van der Waals surface area contributed by atoms with Crippen LogP contribution in [0.4, 0.5) is 5.69 Å². The Balaban J connectivity index is 2.35. The molecule has 1 aromatic rings. The lowest BCUT2D eigenvalue weighted by Crippen LogP contribution is -2.36. The topological polar surface area (TPSA) is 75.7 Å². The average molecular weight is 368 g/mol. The molecule has 1 N–H and O–H groups in total. The molecule has 0 radical (unpaired) electrons. The molecule has 140 valence electrons. The Labute approximate surface area is 150 Å². The SMILES string of the molecule is CCC(C)(C)C(=O)Nc1ccc(OC)c(S(=O)(=O)N2CCCCC2)c1.